The fourth-order valence-corrected chi connectivity index (χ4v) is 4.29. The SMILES string of the molecule is CC1=C(/C=C/C(C)=C/C=C/C(C)=C/C(C#N)O[Si](C)(C)C)C(C)(C)CCC1. The van der Waals surface area contributed by atoms with Crippen molar-refractivity contribution in [2.45, 2.75) is 79.6 Å². The molecule has 0 aromatic heterocycles. The van der Waals surface area contributed by atoms with Gasteiger partial charge in [0.25, 0.3) is 0 Å². The van der Waals surface area contributed by atoms with Crippen LogP contribution in [0.1, 0.15) is 53.9 Å². The molecule has 1 aliphatic rings. The van der Waals surface area contributed by atoms with Crippen LogP contribution in [0.25, 0.3) is 0 Å². The summed E-state index contributed by atoms with van der Waals surface area (Å²) >= 11 is 0. The van der Waals surface area contributed by atoms with Crippen molar-refractivity contribution in [3.8, 4) is 6.07 Å². The van der Waals surface area contributed by atoms with Gasteiger partial charge in [0.15, 0.2) is 14.4 Å². The number of nitrogens with zero attached hydrogens (tertiary/aromatic N) is 1. The summed E-state index contributed by atoms with van der Waals surface area (Å²) < 4.78 is 5.86. The Morgan fingerprint density at radius 2 is 1.85 bits per heavy atom. The lowest BCUT2D eigenvalue weighted by Gasteiger charge is -2.32. The molecule has 27 heavy (non-hydrogen) atoms. The van der Waals surface area contributed by atoms with Gasteiger partial charge in [-0.3, -0.25) is 0 Å². The van der Waals surface area contributed by atoms with E-state index in [-0.39, 0.29) is 5.41 Å². The molecule has 0 bridgehead atoms. The Morgan fingerprint density at radius 3 is 2.41 bits per heavy atom. The zero-order valence-corrected chi connectivity index (χ0v) is 19.5. The van der Waals surface area contributed by atoms with Crippen LogP contribution in [0.4, 0.5) is 0 Å². The summed E-state index contributed by atoms with van der Waals surface area (Å²) in [4.78, 5) is 0. The molecule has 0 heterocycles. The lowest BCUT2D eigenvalue weighted by atomic mass is 9.72. The van der Waals surface area contributed by atoms with Gasteiger partial charge in [0.1, 0.15) is 0 Å². The fraction of sp³-hybridized carbons (Fsp3) is 0.542. The summed E-state index contributed by atoms with van der Waals surface area (Å²) in [5, 5.41) is 9.26. The van der Waals surface area contributed by atoms with Crippen LogP contribution in [-0.2, 0) is 4.43 Å². The second-order valence-corrected chi connectivity index (χ2v) is 13.7. The van der Waals surface area contributed by atoms with E-state index in [1.54, 1.807) is 0 Å². The van der Waals surface area contributed by atoms with E-state index in [9.17, 15) is 5.26 Å². The van der Waals surface area contributed by atoms with E-state index >= 15 is 0 Å². The van der Waals surface area contributed by atoms with Gasteiger partial charge in [-0.25, -0.2) is 0 Å². The molecule has 0 aliphatic heterocycles. The number of nitriles is 1. The van der Waals surface area contributed by atoms with Crippen LogP contribution in [-0.4, -0.2) is 14.4 Å². The van der Waals surface area contributed by atoms with E-state index in [1.807, 2.05) is 25.2 Å². The molecule has 1 unspecified atom stereocenters. The lowest BCUT2D eigenvalue weighted by molar-refractivity contribution is 0.295. The minimum atomic E-state index is -1.72. The zero-order valence-electron chi connectivity index (χ0n) is 18.5. The van der Waals surface area contributed by atoms with Crippen LogP contribution in [0, 0.1) is 16.7 Å². The normalized spacial score (nSPS) is 20.4. The van der Waals surface area contributed by atoms with Crippen LogP contribution in [0.2, 0.25) is 19.6 Å². The van der Waals surface area contributed by atoms with Crippen LogP contribution in [0.5, 0.6) is 0 Å². The molecule has 1 aliphatic carbocycles. The van der Waals surface area contributed by atoms with Gasteiger partial charge < -0.3 is 4.43 Å². The molecule has 3 heteroatoms. The topological polar surface area (TPSA) is 33.0 Å². The highest BCUT2D eigenvalue weighted by molar-refractivity contribution is 6.69. The highest BCUT2D eigenvalue weighted by Gasteiger charge is 2.26. The van der Waals surface area contributed by atoms with Crippen molar-refractivity contribution in [3.63, 3.8) is 0 Å². The third-order valence-electron chi connectivity index (χ3n) is 4.80. The number of hydrogen-bond acceptors (Lipinski definition) is 2. The van der Waals surface area contributed by atoms with E-state index < -0.39 is 14.4 Å². The first-order valence-electron chi connectivity index (χ1n) is 9.94. The maximum Gasteiger partial charge on any atom is 0.185 e. The minimum absolute atomic E-state index is 0.275. The molecule has 0 aromatic rings. The maximum atomic E-state index is 9.26. The molecular formula is C24H37NOSi. The minimum Gasteiger partial charge on any atom is -0.399 e. The molecule has 2 nitrogen and oxygen atoms in total. The fourth-order valence-electron chi connectivity index (χ4n) is 3.41. The Bertz CT molecular complexity index is 706. The van der Waals surface area contributed by atoms with Gasteiger partial charge >= 0.3 is 0 Å². The number of allylic oxidation sites excluding steroid dienone is 9. The average Bonchev–Trinajstić information content (AvgIpc) is 2.51. The Morgan fingerprint density at radius 1 is 1.19 bits per heavy atom. The summed E-state index contributed by atoms with van der Waals surface area (Å²) in [7, 11) is -1.72. The zero-order chi connectivity index (χ0) is 20.7. The second kappa shape index (κ2) is 10.1. The van der Waals surface area contributed by atoms with Crippen molar-refractivity contribution in [1.29, 1.82) is 5.26 Å². The first-order valence-corrected chi connectivity index (χ1v) is 13.3. The Labute approximate surface area is 168 Å². The molecule has 0 amide bonds. The van der Waals surface area contributed by atoms with Gasteiger partial charge in [0.05, 0.1) is 6.07 Å². The summed E-state index contributed by atoms with van der Waals surface area (Å²) in [5.41, 5.74) is 5.55. The van der Waals surface area contributed by atoms with E-state index in [0.717, 1.165) is 5.57 Å². The lowest BCUT2D eigenvalue weighted by Crippen LogP contribution is -2.30. The predicted octanol–water partition coefficient (Wildman–Crippen LogP) is 7.26. The van der Waals surface area contributed by atoms with Gasteiger partial charge in [0.2, 0.25) is 0 Å². The second-order valence-electron chi connectivity index (χ2n) is 9.23. The molecule has 0 saturated heterocycles. The number of rotatable bonds is 7. The summed E-state index contributed by atoms with van der Waals surface area (Å²) in [6.45, 7) is 17.4. The molecule has 0 aromatic carbocycles. The van der Waals surface area contributed by atoms with Crippen molar-refractivity contribution in [1.82, 2.24) is 0 Å². The van der Waals surface area contributed by atoms with Crippen molar-refractivity contribution in [3.05, 3.63) is 58.7 Å². The number of hydrogen-bond donors (Lipinski definition) is 0. The average molecular weight is 384 g/mol. The third kappa shape index (κ3) is 8.73. The van der Waals surface area contributed by atoms with Crippen LogP contribution < -0.4 is 0 Å². The monoisotopic (exact) mass is 383 g/mol. The van der Waals surface area contributed by atoms with E-state index in [1.165, 1.54) is 36.0 Å². The maximum absolute atomic E-state index is 9.26. The molecule has 148 valence electrons. The van der Waals surface area contributed by atoms with E-state index in [0.29, 0.717) is 0 Å². The molecule has 0 saturated carbocycles. The summed E-state index contributed by atoms with van der Waals surface area (Å²) in [6.07, 6.45) is 15.9. The molecule has 0 radical (unpaired) electrons. The van der Waals surface area contributed by atoms with E-state index in [4.69, 9.17) is 4.43 Å². The van der Waals surface area contributed by atoms with Crippen molar-refractivity contribution >= 4 is 8.32 Å². The molecular weight excluding hydrogens is 346 g/mol. The smallest absolute Gasteiger partial charge is 0.185 e. The molecule has 0 N–H and O–H groups in total. The highest BCUT2D eigenvalue weighted by atomic mass is 28.4. The van der Waals surface area contributed by atoms with E-state index in [2.05, 4.69) is 71.6 Å². The van der Waals surface area contributed by atoms with Crippen LogP contribution in [0.15, 0.2) is 58.7 Å². The largest absolute Gasteiger partial charge is 0.399 e. The highest BCUT2D eigenvalue weighted by Crippen LogP contribution is 2.40. The Balaban J connectivity index is 2.78. The standard InChI is InChI=1S/C24H37NOSi/c1-19(14-15-23-21(3)13-10-16-24(23,4)5)11-9-12-20(2)17-22(18-25)26-27(6,7)8/h9,11-12,14-15,17,22H,10,13,16H2,1-8H3/b12-9+,15-14+,19-11+,20-17+. The van der Waals surface area contributed by atoms with Crippen molar-refractivity contribution in [2.24, 2.45) is 5.41 Å². The van der Waals surface area contributed by atoms with Crippen molar-refractivity contribution < 1.29 is 4.43 Å². The van der Waals surface area contributed by atoms with Gasteiger partial charge in [-0.15, -0.1) is 0 Å². The Kier molecular flexibility index (Phi) is 8.72. The predicted molar refractivity (Wildman–Crippen MR) is 120 cm³/mol. The first kappa shape index (κ1) is 23.4. The summed E-state index contributed by atoms with van der Waals surface area (Å²) in [5.74, 6) is 0. The Hall–Kier alpha value is -1.63. The molecule has 0 fully saturated rings. The van der Waals surface area contributed by atoms with Gasteiger partial charge in [0, 0.05) is 0 Å². The third-order valence-corrected chi connectivity index (χ3v) is 5.76. The molecule has 1 atom stereocenters. The molecule has 1 rings (SSSR count). The summed E-state index contributed by atoms with van der Waals surface area (Å²) in [6, 6.07) is 2.23. The van der Waals surface area contributed by atoms with Crippen LogP contribution >= 0.6 is 0 Å². The van der Waals surface area contributed by atoms with Crippen molar-refractivity contribution in [2.75, 3.05) is 0 Å². The van der Waals surface area contributed by atoms with Gasteiger partial charge in [-0.2, -0.15) is 5.26 Å². The molecule has 0 spiro atoms. The van der Waals surface area contributed by atoms with Crippen LogP contribution in [0.3, 0.4) is 0 Å². The quantitative estimate of drug-likeness (QED) is 0.342. The van der Waals surface area contributed by atoms with Gasteiger partial charge in [-0.1, -0.05) is 60.9 Å². The first-order chi connectivity index (χ1) is 12.4. The van der Waals surface area contributed by atoms with Gasteiger partial charge in [-0.05, 0) is 76.7 Å².